The first kappa shape index (κ1) is 16.1. The molecule has 0 saturated heterocycles. The number of ether oxygens (including phenoxy) is 1. The predicted molar refractivity (Wildman–Crippen MR) is 92.9 cm³/mol. The fourth-order valence-electron chi connectivity index (χ4n) is 2.74. The van der Waals surface area contributed by atoms with Crippen LogP contribution in [0.3, 0.4) is 0 Å². The molecule has 0 bridgehead atoms. The van der Waals surface area contributed by atoms with Gasteiger partial charge >= 0.3 is 0 Å². The minimum atomic E-state index is -0.717. The summed E-state index contributed by atoms with van der Waals surface area (Å²) in [4.78, 5) is 12.2. The Kier molecular flexibility index (Phi) is 4.82. The summed E-state index contributed by atoms with van der Waals surface area (Å²) in [6.07, 6.45) is 1.14. The Bertz CT molecular complexity index is 827. The van der Waals surface area contributed by atoms with Crippen LogP contribution in [0.5, 0.6) is 5.75 Å². The number of hydrogen-bond acceptors (Lipinski definition) is 3. The second-order valence-corrected chi connectivity index (χ2v) is 5.57. The Labute approximate surface area is 140 Å². The number of carbonyl (C=O) groups excluding carboxylic acids is 1. The highest BCUT2D eigenvalue weighted by Crippen LogP contribution is 2.26. The fraction of sp³-hybridized carbons (Fsp3) is 0.211. The fourth-order valence-corrected chi connectivity index (χ4v) is 2.74. The van der Waals surface area contributed by atoms with Crippen molar-refractivity contribution in [2.75, 3.05) is 13.7 Å². The Balaban J connectivity index is 1.65. The molecule has 3 aromatic rings. The number of methoxy groups -OCH3 is 1. The van der Waals surface area contributed by atoms with E-state index in [1.807, 2.05) is 65.4 Å². The molecule has 24 heavy (non-hydrogen) atoms. The van der Waals surface area contributed by atoms with E-state index in [2.05, 4.69) is 5.32 Å². The standard InChI is InChI=1S/C19H20N2O3/c1-24-17-9-5-8-15-10-11-21(19(15)17)13-18(23)20-12-16(22)14-6-3-2-4-7-14/h2-11,16,22H,12-13H2,1H3,(H,20,23)/t16-/m1/s1. The third-order valence-electron chi connectivity index (χ3n) is 3.96. The lowest BCUT2D eigenvalue weighted by Crippen LogP contribution is -2.31. The molecule has 0 aliphatic heterocycles. The molecule has 1 aromatic heterocycles. The van der Waals surface area contributed by atoms with Crippen LogP contribution >= 0.6 is 0 Å². The molecule has 0 saturated carbocycles. The Hall–Kier alpha value is -2.79. The summed E-state index contributed by atoms with van der Waals surface area (Å²) in [6, 6.07) is 17.0. The largest absolute Gasteiger partial charge is 0.495 e. The van der Waals surface area contributed by atoms with Gasteiger partial charge < -0.3 is 19.7 Å². The molecule has 1 atom stereocenters. The number of benzene rings is 2. The summed E-state index contributed by atoms with van der Waals surface area (Å²) in [5, 5.41) is 13.9. The van der Waals surface area contributed by atoms with Gasteiger partial charge in [0.05, 0.1) is 18.7 Å². The maximum Gasteiger partial charge on any atom is 0.240 e. The van der Waals surface area contributed by atoms with Gasteiger partial charge in [-0.1, -0.05) is 42.5 Å². The molecule has 1 heterocycles. The quantitative estimate of drug-likeness (QED) is 0.732. The monoisotopic (exact) mass is 324 g/mol. The lowest BCUT2D eigenvalue weighted by molar-refractivity contribution is -0.122. The molecule has 2 aromatic carbocycles. The second kappa shape index (κ2) is 7.19. The minimum Gasteiger partial charge on any atom is -0.495 e. The lowest BCUT2D eigenvalue weighted by atomic mass is 10.1. The van der Waals surface area contributed by atoms with Crippen LogP contribution in [-0.4, -0.2) is 29.2 Å². The van der Waals surface area contributed by atoms with Crippen molar-refractivity contribution in [1.29, 1.82) is 0 Å². The zero-order chi connectivity index (χ0) is 16.9. The smallest absolute Gasteiger partial charge is 0.240 e. The third-order valence-corrected chi connectivity index (χ3v) is 3.96. The Morgan fingerprint density at radius 3 is 2.71 bits per heavy atom. The normalized spacial score (nSPS) is 12.1. The molecule has 1 amide bonds. The summed E-state index contributed by atoms with van der Waals surface area (Å²) < 4.78 is 7.22. The van der Waals surface area contributed by atoms with E-state index in [0.717, 1.165) is 22.2 Å². The van der Waals surface area contributed by atoms with Gasteiger partial charge in [-0.15, -0.1) is 0 Å². The van der Waals surface area contributed by atoms with E-state index in [1.165, 1.54) is 0 Å². The van der Waals surface area contributed by atoms with E-state index in [9.17, 15) is 9.90 Å². The van der Waals surface area contributed by atoms with Crippen LogP contribution in [0, 0.1) is 0 Å². The van der Waals surface area contributed by atoms with Gasteiger partial charge in [-0.2, -0.15) is 0 Å². The average Bonchev–Trinajstić information content (AvgIpc) is 3.03. The van der Waals surface area contributed by atoms with Crippen molar-refractivity contribution in [3.8, 4) is 5.75 Å². The van der Waals surface area contributed by atoms with Gasteiger partial charge in [0.1, 0.15) is 12.3 Å². The number of aliphatic hydroxyl groups excluding tert-OH is 1. The van der Waals surface area contributed by atoms with Gasteiger partial charge in [0.2, 0.25) is 5.91 Å². The van der Waals surface area contributed by atoms with E-state index in [4.69, 9.17) is 4.74 Å². The number of nitrogens with one attached hydrogen (secondary N) is 1. The Morgan fingerprint density at radius 1 is 1.17 bits per heavy atom. The van der Waals surface area contributed by atoms with E-state index in [0.29, 0.717) is 0 Å². The number of aliphatic hydroxyl groups is 1. The molecule has 0 aliphatic carbocycles. The topological polar surface area (TPSA) is 63.5 Å². The zero-order valence-electron chi connectivity index (χ0n) is 13.5. The molecule has 0 radical (unpaired) electrons. The number of aromatic nitrogens is 1. The van der Waals surface area contributed by atoms with Gasteiger partial charge in [-0.05, 0) is 17.7 Å². The van der Waals surface area contributed by atoms with Gasteiger partial charge in [-0.3, -0.25) is 4.79 Å². The number of amides is 1. The minimum absolute atomic E-state index is 0.159. The van der Waals surface area contributed by atoms with Crippen molar-refractivity contribution < 1.29 is 14.6 Å². The van der Waals surface area contributed by atoms with Crippen LogP contribution in [0.15, 0.2) is 60.8 Å². The average molecular weight is 324 g/mol. The maximum absolute atomic E-state index is 12.2. The molecule has 0 fully saturated rings. The van der Waals surface area contributed by atoms with Crippen LogP contribution in [-0.2, 0) is 11.3 Å². The van der Waals surface area contributed by atoms with Crippen LogP contribution in [0.2, 0.25) is 0 Å². The Morgan fingerprint density at radius 2 is 1.96 bits per heavy atom. The molecule has 124 valence electrons. The first-order chi connectivity index (χ1) is 11.7. The zero-order valence-corrected chi connectivity index (χ0v) is 13.5. The highest BCUT2D eigenvalue weighted by Gasteiger charge is 2.12. The molecular formula is C19H20N2O3. The predicted octanol–water partition coefficient (Wildman–Crippen LogP) is 2.50. The summed E-state index contributed by atoms with van der Waals surface area (Å²) in [5.41, 5.74) is 1.67. The SMILES string of the molecule is COc1cccc2ccn(CC(=O)NC[C@@H](O)c3ccccc3)c12. The molecule has 5 nitrogen and oxygen atoms in total. The molecule has 2 N–H and O–H groups in total. The highest BCUT2D eigenvalue weighted by molar-refractivity contribution is 5.87. The summed E-state index contributed by atoms with van der Waals surface area (Å²) in [5.74, 6) is 0.572. The number of fused-ring (bicyclic) bond motifs is 1. The summed E-state index contributed by atoms with van der Waals surface area (Å²) in [7, 11) is 1.61. The maximum atomic E-state index is 12.2. The van der Waals surface area contributed by atoms with Crippen LogP contribution in [0.25, 0.3) is 10.9 Å². The highest BCUT2D eigenvalue weighted by atomic mass is 16.5. The van der Waals surface area contributed by atoms with E-state index in [1.54, 1.807) is 7.11 Å². The molecule has 0 aliphatic rings. The third kappa shape index (κ3) is 3.41. The van der Waals surface area contributed by atoms with Crippen molar-refractivity contribution in [2.45, 2.75) is 12.6 Å². The summed E-state index contributed by atoms with van der Waals surface area (Å²) in [6.45, 7) is 0.352. The van der Waals surface area contributed by atoms with E-state index < -0.39 is 6.10 Å². The van der Waals surface area contributed by atoms with Gasteiger partial charge in [0.25, 0.3) is 0 Å². The first-order valence-electron chi connectivity index (χ1n) is 7.80. The molecular weight excluding hydrogens is 304 g/mol. The molecule has 0 spiro atoms. The van der Waals surface area contributed by atoms with Crippen molar-refractivity contribution in [2.24, 2.45) is 0 Å². The van der Waals surface area contributed by atoms with E-state index in [-0.39, 0.29) is 19.0 Å². The summed E-state index contributed by atoms with van der Waals surface area (Å²) >= 11 is 0. The van der Waals surface area contributed by atoms with Gasteiger partial charge in [0.15, 0.2) is 0 Å². The van der Waals surface area contributed by atoms with Crippen molar-refractivity contribution in [1.82, 2.24) is 9.88 Å². The number of carbonyl (C=O) groups is 1. The lowest BCUT2D eigenvalue weighted by Gasteiger charge is -2.13. The van der Waals surface area contributed by atoms with Crippen LogP contribution in [0.1, 0.15) is 11.7 Å². The molecule has 0 unspecified atom stereocenters. The number of nitrogens with zero attached hydrogens (tertiary/aromatic N) is 1. The molecule has 3 rings (SSSR count). The van der Waals surface area contributed by atoms with E-state index >= 15 is 0 Å². The first-order valence-corrected chi connectivity index (χ1v) is 7.80. The second-order valence-electron chi connectivity index (χ2n) is 5.57. The van der Waals surface area contributed by atoms with Gasteiger partial charge in [0, 0.05) is 18.1 Å². The van der Waals surface area contributed by atoms with Gasteiger partial charge in [-0.25, -0.2) is 0 Å². The number of para-hydroxylation sites is 1. The number of hydrogen-bond donors (Lipinski definition) is 2. The molecule has 5 heteroatoms. The van der Waals surface area contributed by atoms with Crippen molar-refractivity contribution >= 4 is 16.8 Å². The van der Waals surface area contributed by atoms with Crippen molar-refractivity contribution in [3.63, 3.8) is 0 Å². The van der Waals surface area contributed by atoms with Crippen molar-refractivity contribution in [3.05, 3.63) is 66.4 Å². The van der Waals surface area contributed by atoms with Crippen LogP contribution < -0.4 is 10.1 Å². The van der Waals surface area contributed by atoms with Crippen LogP contribution in [0.4, 0.5) is 0 Å². The number of rotatable bonds is 6.